The Balaban J connectivity index is 1.36. The molecule has 3 N–H and O–H groups in total. The van der Waals surface area contributed by atoms with Gasteiger partial charge in [0.15, 0.2) is 0 Å². The molecule has 3 nitrogen and oxygen atoms in total. The average molecular weight is 418 g/mol. The fraction of sp³-hybridized carbons (Fsp3) is 1.00. The van der Waals surface area contributed by atoms with Gasteiger partial charge in [0.25, 0.3) is 0 Å². The van der Waals surface area contributed by atoms with Crippen molar-refractivity contribution in [3.05, 3.63) is 0 Å². The van der Waals surface area contributed by atoms with E-state index in [2.05, 4.69) is 33.0 Å². The molecular weight excluding hydrogens is 370 g/mol. The quantitative estimate of drug-likeness (QED) is 0.583. The second-order valence-corrected chi connectivity index (χ2v) is 13.1. The summed E-state index contributed by atoms with van der Waals surface area (Å²) in [7, 11) is 0. The highest BCUT2D eigenvalue weighted by molar-refractivity contribution is 5.13. The van der Waals surface area contributed by atoms with Gasteiger partial charge in [-0.1, -0.05) is 20.8 Å². The highest BCUT2D eigenvalue weighted by Crippen LogP contribution is 2.68. The Hall–Kier alpha value is -0.120. The van der Waals surface area contributed by atoms with Crippen molar-refractivity contribution in [2.45, 2.75) is 116 Å². The molecule has 0 bridgehead atoms. The smallest absolute Gasteiger partial charge is 0.0805 e. The van der Waals surface area contributed by atoms with Crippen molar-refractivity contribution in [2.75, 3.05) is 6.54 Å². The van der Waals surface area contributed by atoms with Crippen LogP contribution in [0.25, 0.3) is 0 Å². The Kier molecular flexibility index (Phi) is 5.39. The molecule has 0 amide bonds. The van der Waals surface area contributed by atoms with Crippen LogP contribution in [0.2, 0.25) is 0 Å². The largest absolute Gasteiger partial charge is 0.393 e. The van der Waals surface area contributed by atoms with Crippen LogP contribution in [0.3, 0.4) is 0 Å². The summed E-state index contributed by atoms with van der Waals surface area (Å²) in [6, 6.07) is 0.264. The summed E-state index contributed by atoms with van der Waals surface area (Å²) in [4.78, 5) is 0. The molecule has 0 spiro atoms. The molecule has 5 aliphatic rings. The number of nitrogens with one attached hydrogen (secondary N) is 1. The van der Waals surface area contributed by atoms with Gasteiger partial charge in [-0.2, -0.15) is 0 Å². The van der Waals surface area contributed by atoms with E-state index >= 15 is 0 Å². The first-order chi connectivity index (χ1) is 14.2. The molecule has 0 unspecified atom stereocenters. The first-order valence-corrected chi connectivity index (χ1v) is 13.3. The zero-order valence-electron chi connectivity index (χ0n) is 20.0. The van der Waals surface area contributed by atoms with Gasteiger partial charge in [-0.15, -0.1) is 0 Å². The number of rotatable bonds is 2. The van der Waals surface area contributed by atoms with Crippen LogP contribution in [0.15, 0.2) is 0 Å². The zero-order valence-corrected chi connectivity index (χ0v) is 20.0. The molecule has 172 valence electrons. The third-order valence-electron chi connectivity index (χ3n) is 11.7. The van der Waals surface area contributed by atoms with Crippen LogP contribution in [0.4, 0.5) is 0 Å². The monoisotopic (exact) mass is 417 g/mol. The standard InChI is InChI=1S/C27H47NO2/c1-17-5-10-24(28-16-17)27(4,30)23-9-8-21-20-7-6-18-15-19(29)11-13-25(18,2)22(20)12-14-26(21,23)3/h17-24,28-30H,5-16H2,1-4H3/t17-,18-,19-,20-,21-,22-,23-,24-,25-,26-,27+/m0/s1. The van der Waals surface area contributed by atoms with Crippen LogP contribution in [0, 0.1) is 46.3 Å². The minimum Gasteiger partial charge on any atom is -0.393 e. The lowest BCUT2D eigenvalue weighted by atomic mass is 9.44. The number of aliphatic hydroxyl groups is 2. The summed E-state index contributed by atoms with van der Waals surface area (Å²) in [6.45, 7) is 10.7. The maximum absolute atomic E-state index is 11.9. The van der Waals surface area contributed by atoms with Gasteiger partial charge in [0.2, 0.25) is 0 Å². The van der Waals surface area contributed by atoms with Gasteiger partial charge in [0.1, 0.15) is 0 Å². The second-order valence-electron chi connectivity index (χ2n) is 13.1. The first-order valence-electron chi connectivity index (χ1n) is 13.3. The predicted molar refractivity (Wildman–Crippen MR) is 122 cm³/mol. The van der Waals surface area contributed by atoms with Gasteiger partial charge in [-0.3, -0.25) is 0 Å². The summed E-state index contributed by atoms with van der Waals surface area (Å²) >= 11 is 0. The maximum Gasteiger partial charge on any atom is 0.0805 e. The van der Waals surface area contributed by atoms with E-state index in [1.54, 1.807) is 0 Å². The molecule has 0 aromatic carbocycles. The van der Waals surface area contributed by atoms with Gasteiger partial charge in [0, 0.05) is 6.04 Å². The van der Waals surface area contributed by atoms with E-state index in [0.717, 1.165) is 55.4 Å². The number of fused-ring (bicyclic) bond motifs is 5. The lowest BCUT2D eigenvalue weighted by Gasteiger charge is -2.61. The van der Waals surface area contributed by atoms with Crippen LogP contribution in [0.5, 0.6) is 0 Å². The van der Waals surface area contributed by atoms with Crippen molar-refractivity contribution in [3.63, 3.8) is 0 Å². The van der Waals surface area contributed by atoms with Gasteiger partial charge in [-0.05, 0) is 130 Å². The molecule has 4 saturated carbocycles. The van der Waals surface area contributed by atoms with Crippen molar-refractivity contribution >= 4 is 0 Å². The minimum atomic E-state index is -0.591. The molecule has 5 rings (SSSR count). The molecule has 1 aliphatic heterocycles. The van der Waals surface area contributed by atoms with E-state index in [4.69, 9.17) is 0 Å². The molecule has 0 radical (unpaired) electrons. The van der Waals surface area contributed by atoms with Crippen LogP contribution in [0.1, 0.15) is 98.3 Å². The van der Waals surface area contributed by atoms with Crippen molar-refractivity contribution in [1.29, 1.82) is 0 Å². The van der Waals surface area contributed by atoms with Crippen molar-refractivity contribution in [2.24, 2.45) is 46.3 Å². The van der Waals surface area contributed by atoms with Gasteiger partial charge >= 0.3 is 0 Å². The van der Waals surface area contributed by atoms with Crippen molar-refractivity contribution in [3.8, 4) is 0 Å². The van der Waals surface area contributed by atoms with E-state index in [9.17, 15) is 10.2 Å². The summed E-state index contributed by atoms with van der Waals surface area (Å²) in [6.07, 6.45) is 13.5. The highest BCUT2D eigenvalue weighted by atomic mass is 16.3. The number of hydrogen-bond acceptors (Lipinski definition) is 3. The normalized spacial score (nSPS) is 55.8. The molecular formula is C27H47NO2. The molecule has 0 aromatic rings. The molecule has 3 heteroatoms. The molecule has 4 aliphatic carbocycles. The number of hydrogen-bond donors (Lipinski definition) is 3. The van der Waals surface area contributed by atoms with Crippen LogP contribution < -0.4 is 5.32 Å². The Bertz CT molecular complexity index is 641. The minimum absolute atomic E-state index is 0.0508. The third kappa shape index (κ3) is 3.16. The summed E-state index contributed by atoms with van der Waals surface area (Å²) < 4.78 is 0. The molecule has 30 heavy (non-hydrogen) atoms. The molecule has 5 fully saturated rings. The van der Waals surface area contributed by atoms with Crippen LogP contribution in [-0.2, 0) is 0 Å². The zero-order chi connectivity index (χ0) is 21.3. The Morgan fingerprint density at radius 1 is 0.867 bits per heavy atom. The fourth-order valence-electron chi connectivity index (χ4n) is 9.94. The van der Waals surface area contributed by atoms with Crippen LogP contribution in [-0.4, -0.2) is 34.5 Å². The van der Waals surface area contributed by atoms with Crippen LogP contribution >= 0.6 is 0 Å². The Morgan fingerprint density at radius 2 is 1.60 bits per heavy atom. The van der Waals surface area contributed by atoms with E-state index in [1.165, 1.54) is 51.4 Å². The molecule has 1 heterocycles. The Morgan fingerprint density at radius 3 is 2.33 bits per heavy atom. The second kappa shape index (κ2) is 7.45. The number of aliphatic hydroxyl groups excluding tert-OH is 1. The first kappa shape index (κ1) is 21.7. The molecule has 1 saturated heterocycles. The van der Waals surface area contributed by atoms with Gasteiger partial charge in [0.05, 0.1) is 11.7 Å². The lowest BCUT2D eigenvalue weighted by Crippen LogP contribution is -2.60. The Labute approximate surface area is 184 Å². The predicted octanol–water partition coefficient (Wildman–Crippen LogP) is 5.15. The SMILES string of the molecule is C[C@H]1CC[C@@H]([C@](C)(O)[C@H]2CC[C@H]3[C@@H]4CC[C@H]5C[C@@H](O)CC[C@]5(C)[C@H]4CC[C@]23C)NC1. The summed E-state index contributed by atoms with van der Waals surface area (Å²) in [5, 5.41) is 25.9. The van der Waals surface area contributed by atoms with Crippen molar-refractivity contribution in [1.82, 2.24) is 5.32 Å². The van der Waals surface area contributed by atoms with E-state index in [1.807, 2.05) is 0 Å². The molecule has 11 atom stereocenters. The van der Waals surface area contributed by atoms with Gasteiger partial charge < -0.3 is 15.5 Å². The molecule has 0 aromatic heterocycles. The highest BCUT2D eigenvalue weighted by Gasteiger charge is 2.63. The van der Waals surface area contributed by atoms with E-state index < -0.39 is 5.60 Å². The summed E-state index contributed by atoms with van der Waals surface area (Å²) in [5.41, 5.74) is 0.157. The maximum atomic E-state index is 11.9. The summed E-state index contributed by atoms with van der Waals surface area (Å²) in [5.74, 6) is 4.39. The third-order valence-corrected chi connectivity index (χ3v) is 11.7. The van der Waals surface area contributed by atoms with E-state index in [-0.39, 0.29) is 12.1 Å². The lowest BCUT2D eigenvalue weighted by molar-refractivity contribution is -0.150. The topological polar surface area (TPSA) is 52.5 Å². The van der Waals surface area contributed by atoms with Crippen molar-refractivity contribution < 1.29 is 10.2 Å². The fourth-order valence-corrected chi connectivity index (χ4v) is 9.94. The van der Waals surface area contributed by atoms with E-state index in [0.29, 0.717) is 16.7 Å². The van der Waals surface area contributed by atoms with Gasteiger partial charge in [-0.25, -0.2) is 0 Å². The number of piperidine rings is 1. The average Bonchev–Trinajstić information content (AvgIpc) is 3.07.